The molecule has 4 aromatic rings. The van der Waals surface area contributed by atoms with Gasteiger partial charge >= 0.3 is 5.69 Å². The fourth-order valence-electron chi connectivity index (χ4n) is 4.79. The molecule has 0 saturated heterocycles. The number of aliphatic hydroxyl groups is 1. The molecule has 4 rings (SSSR count). The molecule has 1 atom stereocenters. The summed E-state index contributed by atoms with van der Waals surface area (Å²) in [5.74, 6) is -0.139. The van der Waals surface area contributed by atoms with E-state index >= 15 is 4.39 Å². The number of nitrogens with two attached hydrogens (primary N) is 1. The molecule has 2 heterocycles. The maximum Gasteiger partial charge on any atom is 0.354 e. The Balaban J connectivity index is 1.51. The molecule has 0 bridgehead atoms. The van der Waals surface area contributed by atoms with Gasteiger partial charge in [-0.2, -0.15) is 4.98 Å². The highest BCUT2D eigenvalue weighted by atomic mass is 35.5. The zero-order valence-electron chi connectivity index (χ0n) is 24.2. The largest absolute Gasteiger partial charge is 0.395 e. The molecule has 2 aromatic carbocycles. The van der Waals surface area contributed by atoms with E-state index < -0.39 is 11.5 Å². The summed E-state index contributed by atoms with van der Waals surface area (Å²) in [6.45, 7) is 6.77. The minimum absolute atomic E-state index is 0.0103. The molecular weight excluding hydrogens is 557 g/mol. The minimum atomic E-state index is -0.532. The van der Waals surface area contributed by atoms with Crippen molar-refractivity contribution in [1.82, 2.24) is 25.2 Å². The second kappa shape index (κ2) is 13.6. The number of aryl methyl sites for hydroxylation is 1. The first-order valence-corrected chi connectivity index (χ1v) is 14.4. The molecule has 0 amide bonds. The van der Waals surface area contributed by atoms with Crippen molar-refractivity contribution < 1.29 is 9.50 Å². The molecule has 0 fully saturated rings. The van der Waals surface area contributed by atoms with Crippen LogP contribution in [-0.4, -0.2) is 50.2 Å². The Morgan fingerprint density at radius 2 is 1.98 bits per heavy atom. The van der Waals surface area contributed by atoms with Crippen molar-refractivity contribution in [3.8, 4) is 16.9 Å². The summed E-state index contributed by atoms with van der Waals surface area (Å²) in [6.07, 6.45) is 4.75. The molecule has 0 aliphatic heterocycles. The summed E-state index contributed by atoms with van der Waals surface area (Å²) < 4.78 is 16.6. The summed E-state index contributed by atoms with van der Waals surface area (Å²) >= 11 is 6.25. The second-order valence-corrected chi connectivity index (χ2v) is 11.8. The monoisotopic (exact) mass is 595 g/mol. The first-order valence-electron chi connectivity index (χ1n) is 14.1. The molecule has 42 heavy (non-hydrogen) atoms. The number of benzene rings is 2. The van der Waals surface area contributed by atoms with Gasteiger partial charge in [-0.05, 0) is 87.9 Å². The molecule has 0 radical (unpaired) electrons. The van der Waals surface area contributed by atoms with Gasteiger partial charge in [0.15, 0.2) is 5.82 Å². The predicted octanol–water partition coefficient (Wildman–Crippen LogP) is 4.66. The van der Waals surface area contributed by atoms with Crippen molar-refractivity contribution in [2.45, 2.75) is 64.6 Å². The SMILES string of the molecule is CC(=N)NCC[C@H](CO)NCc1ccc(-n2cc3cc(-c4cc(CCCC(C)(C)N)cc(Cl)c4F)[nH]c3nc2=O)cc1. The van der Waals surface area contributed by atoms with Crippen LogP contribution in [0.5, 0.6) is 0 Å². The van der Waals surface area contributed by atoms with E-state index in [1.54, 1.807) is 31.3 Å². The third kappa shape index (κ3) is 8.25. The van der Waals surface area contributed by atoms with Crippen LogP contribution in [-0.2, 0) is 13.0 Å². The lowest BCUT2D eigenvalue weighted by Crippen LogP contribution is -2.35. The van der Waals surface area contributed by atoms with E-state index in [0.29, 0.717) is 59.7 Å². The van der Waals surface area contributed by atoms with Gasteiger partial charge in [0.2, 0.25) is 0 Å². The molecule has 0 saturated carbocycles. The third-order valence-corrected chi connectivity index (χ3v) is 7.36. The van der Waals surface area contributed by atoms with E-state index in [1.807, 2.05) is 38.1 Å². The Hall–Kier alpha value is -3.57. The first-order chi connectivity index (χ1) is 19.9. The standard InChI is InChI=1S/C31H39ClFN7O2/c1-19(34)36-12-10-23(18-41)37-16-20-6-8-24(9-7-20)40-17-22-15-27(38-29(22)39-30(40)42)25-13-21(14-26(32)28(25)33)5-4-11-31(2,3)35/h6-9,13-15,17,23,37,41H,4-5,10-12,16,18,35H2,1-3H3,(H2,34,36)(H,38,39,42)/t23-/m1/s1. The van der Waals surface area contributed by atoms with E-state index in [2.05, 4.69) is 20.6 Å². The van der Waals surface area contributed by atoms with Crippen LogP contribution < -0.4 is 22.1 Å². The molecule has 0 aliphatic carbocycles. The van der Waals surface area contributed by atoms with Gasteiger partial charge in [0.05, 0.1) is 28.8 Å². The first kappa shape index (κ1) is 31.4. The molecule has 11 heteroatoms. The van der Waals surface area contributed by atoms with Gasteiger partial charge in [0, 0.05) is 41.8 Å². The van der Waals surface area contributed by atoms with Crippen LogP contribution in [0, 0.1) is 11.2 Å². The van der Waals surface area contributed by atoms with Gasteiger partial charge in [-0.15, -0.1) is 0 Å². The van der Waals surface area contributed by atoms with Gasteiger partial charge in [-0.1, -0.05) is 23.7 Å². The van der Waals surface area contributed by atoms with E-state index in [4.69, 9.17) is 22.7 Å². The predicted molar refractivity (Wildman–Crippen MR) is 167 cm³/mol. The number of aromatic nitrogens is 3. The fraction of sp³-hybridized carbons (Fsp3) is 0.387. The summed E-state index contributed by atoms with van der Waals surface area (Å²) in [6, 6.07) is 12.6. The normalized spacial score (nSPS) is 12.5. The Bertz CT molecular complexity index is 1590. The number of halogens is 2. The molecular formula is C31H39ClFN7O2. The highest BCUT2D eigenvalue weighted by Gasteiger charge is 2.16. The Morgan fingerprint density at radius 1 is 1.24 bits per heavy atom. The van der Waals surface area contributed by atoms with Crippen LogP contribution in [0.2, 0.25) is 5.02 Å². The number of aromatic amines is 1. The smallest absolute Gasteiger partial charge is 0.354 e. The number of hydrogen-bond donors (Lipinski definition) is 6. The van der Waals surface area contributed by atoms with Crippen LogP contribution in [0.25, 0.3) is 28.0 Å². The van der Waals surface area contributed by atoms with Crippen LogP contribution in [0.3, 0.4) is 0 Å². The molecule has 0 aliphatic rings. The maximum absolute atomic E-state index is 15.1. The van der Waals surface area contributed by atoms with Crippen molar-refractivity contribution in [1.29, 1.82) is 5.41 Å². The van der Waals surface area contributed by atoms with Crippen molar-refractivity contribution in [2.24, 2.45) is 5.73 Å². The molecule has 0 unspecified atom stereocenters. The Kier molecular flexibility index (Phi) is 10.2. The third-order valence-electron chi connectivity index (χ3n) is 7.09. The number of nitrogens with one attached hydrogen (secondary N) is 4. The molecule has 7 N–H and O–H groups in total. The van der Waals surface area contributed by atoms with E-state index in [0.717, 1.165) is 24.0 Å². The van der Waals surface area contributed by atoms with Gasteiger partial charge in [-0.25, -0.2) is 9.18 Å². The highest BCUT2D eigenvalue weighted by Crippen LogP contribution is 2.31. The molecule has 9 nitrogen and oxygen atoms in total. The van der Waals surface area contributed by atoms with Crippen molar-refractivity contribution >= 4 is 28.5 Å². The lowest BCUT2D eigenvalue weighted by molar-refractivity contribution is 0.235. The van der Waals surface area contributed by atoms with Gasteiger partial charge in [-0.3, -0.25) is 9.98 Å². The summed E-state index contributed by atoms with van der Waals surface area (Å²) in [4.78, 5) is 20.2. The average Bonchev–Trinajstić information content (AvgIpc) is 3.34. The fourth-order valence-corrected chi connectivity index (χ4v) is 5.03. The van der Waals surface area contributed by atoms with Crippen LogP contribution in [0.4, 0.5) is 4.39 Å². The Morgan fingerprint density at radius 3 is 2.64 bits per heavy atom. The van der Waals surface area contributed by atoms with Crippen LogP contribution >= 0.6 is 11.6 Å². The number of H-pyrrole nitrogens is 1. The number of nitrogens with zero attached hydrogens (tertiary/aromatic N) is 2. The zero-order chi connectivity index (χ0) is 30.4. The topological polar surface area (TPSA) is 145 Å². The summed E-state index contributed by atoms with van der Waals surface area (Å²) in [5.41, 5.74) is 9.07. The second-order valence-electron chi connectivity index (χ2n) is 11.4. The summed E-state index contributed by atoms with van der Waals surface area (Å²) in [5, 5.41) is 24.0. The van der Waals surface area contributed by atoms with E-state index in [1.165, 1.54) is 4.57 Å². The maximum atomic E-state index is 15.1. The highest BCUT2D eigenvalue weighted by molar-refractivity contribution is 6.31. The molecule has 0 spiro atoms. The van der Waals surface area contributed by atoms with E-state index in [-0.39, 0.29) is 23.2 Å². The van der Waals surface area contributed by atoms with E-state index in [9.17, 15) is 9.90 Å². The number of aliphatic hydroxyl groups excluding tert-OH is 1. The van der Waals surface area contributed by atoms with Gasteiger partial charge < -0.3 is 26.5 Å². The number of rotatable bonds is 13. The van der Waals surface area contributed by atoms with Gasteiger partial charge in [0.1, 0.15) is 5.65 Å². The van der Waals surface area contributed by atoms with Crippen molar-refractivity contribution in [3.05, 3.63) is 81.1 Å². The lowest BCUT2D eigenvalue weighted by Gasteiger charge is -2.18. The quantitative estimate of drug-likeness (QED) is 0.0979. The Labute approximate surface area is 249 Å². The number of amidine groups is 1. The van der Waals surface area contributed by atoms with Crippen molar-refractivity contribution in [2.75, 3.05) is 13.2 Å². The van der Waals surface area contributed by atoms with Crippen LogP contribution in [0.1, 0.15) is 51.2 Å². The average molecular weight is 596 g/mol. The van der Waals surface area contributed by atoms with Gasteiger partial charge in [0.25, 0.3) is 0 Å². The summed E-state index contributed by atoms with van der Waals surface area (Å²) in [7, 11) is 0. The number of fused-ring (bicyclic) bond motifs is 1. The van der Waals surface area contributed by atoms with Crippen molar-refractivity contribution in [3.63, 3.8) is 0 Å². The zero-order valence-corrected chi connectivity index (χ0v) is 25.0. The number of hydrogen-bond acceptors (Lipinski definition) is 6. The molecule has 224 valence electrons. The lowest BCUT2D eigenvalue weighted by atomic mass is 9.96. The van der Waals surface area contributed by atoms with Crippen LogP contribution in [0.15, 0.2) is 53.5 Å². The minimum Gasteiger partial charge on any atom is -0.395 e. The molecule has 2 aromatic heterocycles.